The number of hydrogen-bond donors (Lipinski definition) is 2. The van der Waals surface area contributed by atoms with Crippen molar-refractivity contribution in [3.05, 3.63) is 65.5 Å². The van der Waals surface area contributed by atoms with Crippen molar-refractivity contribution < 1.29 is 4.79 Å². The Morgan fingerprint density at radius 3 is 2.60 bits per heavy atom. The molecule has 0 aliphatic carbocycles. The van der Waals surface area contributed by atoms with Crippen LogP contribution in [-0.4, -0.2) is 17.9 Å². The van der Waals surface area contributed by atoms with E-state index in [4.69, 9.17) is 0 Å². The zero-order valence-electron chi connectivity index (χ0n) is 11.8. The quantitative estimate of drug-likeness (QED) is 0.875. The molecule has 104 valence electrons. The number of nitrogens with zero attached hydrogens (tertiary/aromatic N) is 1. The van der Waals surface area contributed by atoms with Gasteiger partial charge in [-0.15, -0.1) is 0 Å². The van der Waals surface area contributed by atoms with E-state index < -0.39 is 0 Å². The van der Waals surface area contributed by atoms with E-state index in [9.17, 15) is 4.79 Å². The Morgan fingerprint density at radius 2 is 2.00 bits per heavy atom. The van der Waals surface area contributed by atoms with Gasteiger partial charge in [0.25, 0.3) is 5.91 Å². The van der Waals surface area contributed by atoms with Crippen molar-refractivity contribution in [3.8, 4) is 0 Å². The van der Waals surface area contributed by atoms with Crippen LogP contribution in [-0.2, 0) is 6.54 Å². The molecule has 0 aliphatic rings. The maximum Gasteiger partial charge on any atom is 0.251 e. The number of amides is 1. The van der Waals surface area contributed by atoms with Gasteiger partial charge in [-0.3, -0.25) is 9.78 Å². The standard InChI is InChI=1S/C16H19N3O/c1-12(15-4-3-9-18-11-15)19-10-13-5-7-14(8-6-13)16(20)17-2/h3-9,11-12,19H,10H2,1-2H3,(H,17,20)/t12-/m0/s1. The maximum atomic E-state index is 11.4. The van der Waals surface area contributed by atoms with Crippen LogP contribution in [0.25, 0.3) is 0 Å². The van der Waals surface area contributed by atoms with Gasteiger partial charge >= 0.3 is 0 Å². The monoisotopic (exact) mass is 269 g/mol. The van der Waals surface area contributed by atoms with Gasteiger partial charge < -0.3 is 10.6 Å². The summed E-state index contributed by atoms with van der Waals surface area (Å²) in [5.74, 6) is -0.0618. The van der Waals surface area contributed by atoms with E-state index >= 15 is 0 Å². The van der Waals surface area contributed by atoms with Gasteiger partial charge in [0, 0.05) is 37.6 Å². The molecule has 2 aromatic rings. The van der Waals surface area contributed by atoms with E-state index in [1.54, 1.807) is 13.2 Å². The maximum absolute atomic E-state index is 11.4. The van der Waals surface area contributed by atoms with Crippen LogP contribution in [0.3, 0.4) is 0 Å². The zero-order valence-corrected chi connectivity index (χ0v) is 11.8. The van der Waals surface area contributed by atoms with Crippen molar-refractivity contribution in [2.24, 2.45) is 0 Å². The summed E-state index contributed by atoms with van der Waals surface area (Å²) in [6.45, 7) is 2.86. The molecule has 1 heterocycles. The van der Waals surface area contributed by atoms with Crippen molar-refractivity contribution in [1.29, 1.82) is 0 Å². The molecular formula is C16H19N3O. The molecular weight excluding hydrogens is 250 g/mol. The molecule has 2 rings (SSSR count). The van der Waals surface area contributed by atoms with Crippen molar-refractivity contribution >= 4 is 5.91 Å². The Balaban J connectivity index is 1.93. The molecule has 0 saturated heterocycles. The first-order valence-corrected chi connectivity index (χ1v) is 6.65. The lowest BCUT2D eigenvalue weighted by molar-refractivity contribution is 0.0963. The largest absolute Gasteiger partial charge is 0.355 e. The van der Waals surface area contributed by atoms with Crippen LogP contribution in [0, 0.1) is 0 Å². The van der Waals surface area contributed by atoms with Gasteiger partial charge in [-0.1, -0.05) is 18.2 Å². The smallest absolute Gasteiger partial charge is 0.251 e. The fourth-order valence-corrected chi connectivity index (χ4v) is 1.94. The summed E-state index contributed by atoms with van der Waals surface area (Å²) in [4.78, 5) is 15.6. The minimum absolute atomic E-state index is 0.0618. The summed E-state index contributed by atoms with van der Waals surface area (Å²) in [7, 11) is 1.63. The van der Waals surface area contributed by atoms with Gasteiger partial charge in [0.15, 0.2) is 0 Å². The molecule has 4 heteroatoms. The number of hydrogen-bond acceptors (Lipinski definition) is 3. The Kier molecular flexibility index (Phi) is 4.85. The van der Waals surface area contributed by atoms with Crippen LogP contribution in [0.5, 0.6) is 0 Å². The SMILES string of the molecule is CNC(=O)c1ccc(CN[C@@H](C)c2cccnc2)cc1. The first kappa shape index (κ1) is 14.2. The highest BCUT2D eigenvalue weighted by molar-refractivity contribution is 5.93. The molecule has 1 atom stereocenters. The summed E-state index contributed by atoms with van der Waals surface area (Å²) in [6.07, 6.45) is 3.64. The second-order valence-corrected chi connectivity index (χ2v) is 4.66. The van der Waals surface area contributed by atoms with Crippen molar-refractivity contribution in [2.45, 2.75) is 19.5 Å². The van der Waals surface area contributed by atoms with Crippen molar-refractivity contribution in [1.82, 2.24) is 15.6 Å². The Labute approximate surface area is 119 Å². The van der Waals surface area contributed by atoms with Crippen LogP contribution in [0.15, 0.2) is 48.8 Å². The number of carbonyl (C=O) groups excluding carboxylic acids is 1. The minimum atomic E-state index is -0.0618. The summed E-state index contributed by atoms with van der Waals surface area (Å²) < 4.78 is 0. The highest BCUT2D eigenvalue weighted by Gasteiger charge is 2.05. The van der Waals surface area contributed by atoms with Crippen LogP contribution >= 0.6 is 0 Å². The topological polar surface area (TPSA) is 54.0 Å². The zero-order chi connectivity index (χ0) is 14.4. The number of carbonyl (C=O) groups is 1. The predicted molar refractivity (Wildman–Crippen MR) is 79.3 cm³/mol. The lowest BCUT2D eigenvalue weighted by Gasteiger charge is -2.14. The third-order valence-electron chi connectivity index (χ3n) is 3.24. The lowest BCUT2D eigenvalue weighted by atomic mass is 10.1. The molecule has 0 aliphatic heterocycles. The number of pyridine rings is 1. The molecule has 0 spiro atoms. The minimum Gasteiger partial charge on any atom is -0.355 e. The van der Waals surface area contributed by atoms with E-state index in [1.807, 2.05) is 36.5 Å². The number of rotatable bonds is 5. The van der Waals surface area contributed by atoms with Gasteiger partial charge in [0.1, 0.15) is 0 Å². The molecule has 1 aromatic carbocycles. The fourth-order valence-electron chi connectivity index (χ4n) is 1.94. The molecule has 4 nitrogen and oxygen atoms in total. The van der Waals surface area contributed by atoms with Gasteiger partial charge in [0.2, 0.25) is 0 Å². The summed E-state index contributed by atoms with van der Waals surface area (Å²) in [5.41, 5.74) is 2.99. The van der Waals surface area contributed by atoms with Gasteiger partial charge in [-0.2, -0.15) is 0 Å². The highest BCUT2D eigenvalue weighted by Crippen LogP contribution is 2.11. The van der Waals surface area contributed by atoms with E-state index in [-0.39, 0.29) is 11.9 Å². The third-order valence-corrected chi connectivity index (χ3v) is 3.24. The van der Waals surface area contributed by atoms with Crippen LogP contribution in [0.4, 0.5) is 0 Å². The molecule has 0 fully saturated rings. The van der Waals surface area contributed by atoms with Crippen molar-refractivity contribution in [3.63, 3.8) is 0 Å². The average molecular weight is 269 g/mol. The second kappa shape index (κ2) is 6.82. The van der Waals surface area contributed by atoms with Gasteiger partial charge in [-0.05, 0) is 36.2 Å². The summed E-state index contributed by atoms with van der Waals surface area (Å²) in [6, 6.07) is 11.8. The summed E-state index contributed by atoms with van der Waals surface area (Å²) in [5, 5.41) is 6.05. The average Bonchev–Trinajstić information content (AvgIpc) is 2.53. The lowest BCUT2D eigenvalue weighted by Crippen LogP contribution is -2.19. The van der Waals surface area contributed by atoms with Gasteiger partial charge in [-0.25, -0.2) is 0 Å². The second-order valence-electron chi connectivity index (χ2n) is 4.66. The molecule has 1 aromatic heterocycles. The molecule has 0 saturated carbocycles. The first-order chi connectivity index (χ1) is 9.70. The Morgan fingerprint density at radius 1 is 1.25 bits per heavy atom. The molecule has 1 amide bonds. The van der Waals surface area contributed by atoms with Crippen molar-refractivity contribution in [2.75, 3.05) is 7.05 Å². The van der Waals surface area contributed by atoms with Crippen LogP contribution in [0.1, 0.15) is 34.5 Å². The molecule has 0 bridgehead atoms. The number of aromatic nitrogens is 1. The predicted octanol–water partition coefficient (Wildman–Crippen LogP) is 2.29. The Hall–Kier alpha value is -2.20. The highest BCUT2D eigenvalue weighted by atomic mass is 16.1. The Bertz CT molecular complexity index is 552. The molecule has 0 unspecified atom stereocenters. The number of nitrogens with one attached hydrogen (secondary N) is 2. The van der Waals surface area contributed by atoms with E-state index in [2.05, 4.69) is 28.6 Å². The van der Waals surface area contributed by atoms with E-state index in [1.165, 1.54) is 0 Å². The van der Waals surface area contributed by atoms with Crippen LogP contribution in [0.2, 0.25) is 0 Å². The first-order valence-electron chi connectivity index (χ1n) is 6.65. The van der Waals surface area contributed by atoms with E-state index in [0.717, 1.165) is 17.7 Å². The van der Waals surface area contributed by atoms with Gasteiger partial charge in [0.05, 0.1) is 0 Å². The fraction of sp³-hybridized carbons (Fsp3) is 0.250. The normalized spacial score (nSPS) is 11.9. The van der Waals surface area contributed by atoms with Crippen LogP contribution < -0.4 is 10.6 Å². The molecule has 2 N–H and O–H groups in total. The summed E-state index contributed by atoms with van der Waals surface area (Å²) >= 11 is 0. The van der Waals surface area contributed by atoms with E-state index in [0.29, 0.717) is 5.56 Å². The molecule has 0 radical (unpaired) electrons. The number of benzene rings is 1. The molecule has 20 heavy (non-hydrogen) atoms. The third kappa shape index (κ3) is 3.65.